The van der Waals surface area contributed by atoms with Crippen molar-refractivity contribution in [3.8, 4) is 0 Å². The number of nitrogens with zero attached hydrogens (tertiary/aromatic N) is 3. The number of hydrogen-bond acceptors (Lipinski definition) is 4. The Bertz CT molecular complexity index is 724. The lowest BCUT2D eigenvalue weighted by Gasteiger charge is -2.30. The third-order valence-electron chi connectivity index (χ3n) is 4.29. The van der Waals surface area contributed by atoms with Gasteiger partial charge in [0.1, 0.15) is 5.69 Å². The number of carbonyl (C=O) groups is 1. The van der Waals surface area contributed by atoms with Crippen molar-refractivity contribution in [3.05, 3.63) is 47.3 Å². The lowest BCUT2D eigenvalue weighted by molar-refractivity contribution is 0.102. The molecule has 1 unspecified atom stereocenters. The topological polar surface area (TPSA) is 58.1 Å². The molecule has 1 fully saturated rings. The van der Waals surface area contributed by atoms with E-state index in [1.807, 2.05) is 26.0 Å². The first kappa shape index (κ1) is 16.4. The van der Waals surface area contributed by atoms with Crippen LogP contribution in [-0.4, -0.2) is 29.0 Å². The molecule has 24 heavy (non-hydrogen) atoms. The van der Waals surface area contributed by atoms with E-state index in [1.54, 1.807) is 12.3 Å². The van der Waals surface area contributed by atoms with Crippen LogP contribution in [0.5, 0.6) is 0 Å². The van der Waals surface area contributed by atoms with Crippen LogP contribution in [0.1, 0.15) is 41.4 Å². The van der Waals surface area contributed by atoms with Gasteiger partial charge in [-0.3, -0.25) is 4.79 Å². The van der Waals surface area contributed by atoms with Gasteiger partial charge in [-0.05, 0) is 61.9 Å². The molecule has 0 radical (unpaired) electrons. The highest BCUT2D eigenvalue weighted by atomic mass is 16.1. The van der Waals surface area contributed by atoms with E-state index in [2.05, 4.69) is 33.2 Å². The van der Waals surface area contributed by atoms with Crippen LogP contribution in [0.4, 0.5) is 11.6 Å². The van der Waals surface area contributed by atoms with Gasteiger partial charge in [-0.1, -0.05) is 13.0 Å². The molecule has 1 saturated heterocycles. The van der Waals surface area contributed by atoms with Crippen molar-refractivity contribution in [2.24, 2.45) is 5.92 Å². The summed E-state index contributed by atoms with van der Waals surface area (Å²) in [5.74, 6) is 1.08. The first-order chi connectivity index (χ1) is 11.5. The third-order valence-corrected chi connectivity index (χ3v) is 4.29. The summed E-state index contributed by atoms with van der Waals surface area (Å²) in [6.07, 6.45) is 4.05. The Morgan fingerprint density at radius 3 is 2.71 bits per heavy atom. The maximum absolute atomic E-state index is 12.5. The van der Waals surface area contributed by atoms with E-state index in [0.29, 0.717) is 17.6 Å². The van der Waals surface area contributed by atoms with Gasteiger partial charge in [-0.15, -0.1) is 0 Å². The lowest BCUT2D eigenvalue weighted by atomic mass is 10.0. The van der Waals surface area contributed by atoms with E-state index in [-0.39, 0.29) is 5.91 Å². The second kappa shape index (κ2) is 6.99. The van der Waals surface area contributed by atoms with Crippen molar-refractivity contribution in [2.75, 3.05) is 23.3 Å². The van der Waals surface area contributed by atoms with Crippen molar-refractivity contribution < 1.29 is 4.79 Å². The Kier molecular flexibility index (Phi) is 4.79. The monoisotopic (exact) mass is 324 g/mol. The summed E-state index contributed by atoms with van der Waals surface area (Å²) >= 11 is 0. The number of anilines is 2. The number of piperidine rings is 1. The molecule has 2 aromatic rings. The average molecular weight is 324 g/mol. The molecule has 1 atom stereocenters. The Morgan fingerprint density at radius 2 is 2.00 bits per heavy atom. The first-order valence-corrected chi connectivity index (χ1v) is 8.49. The van der Waals surface area contributed by atoms with Crippen molar-refractivity contribution in [3.63, 3.8) is 0 Å². The third kappa shape index (κ3) is 3.91. The van der Waals surface area contributed by atoms with Crippen LogP contribution in [-0.2, 0) is 0 Å². The molecule has 1 amide bonds. The molecule has 2 heterocycles. The van der Waals surface area contributed by atoms with Crippen LogP contribution in [0, 0.1) is 19.8 Å². The summed E-state index contributed by atoms with van der Waals surface area (Å²) in [6, 6.07) is 7.66. The van der Waals surface area contributed by atoms with Gasteiger partial charge in [0.15, 0.2) is 0 Å². The minimum Gasteiger partial charge on any atom is -0.341 e. The molecule has 1 aliphatic rings. The number of rotatable bonds is 3. The van der Waals surface area contributed by atoms with Crippen LogP contribution >= 0.6 is 0 Å². The summed E-state index contributed by atoms with van der Waals surface area (Å²) in [4.78, 5) is 23.5. The zero-order valence-corrected chi connectivity index (χ0v) is 14.5. The molecule has 1 aromatic carbocycles. The Balaban J connectivity index is 1.76. The number of aryl methyl sites for hydroxylation is 2. The van der Waals surface area contributed by atoms with Crippen LogP contribution in [0.15, 0.2) is 30.5 Å². The van der Waals surface area contributed by atoms with Crippen LogP contribution in [0.25, 0.3) is 0 Å². The minimum absolute atomic E-state index is 0.200. The summed E-state index contributed by atoms with van der Waals surface area (Å²) in [5, 5.41) is 2.93. The van der Waals surface area contributed by atoms with Gasteiger partial charge in [0.25, 0.3) is 5.91 Å². The lowest BCUT2D eigenvalue weighted by Crippen LogP contribution is -2.35. The maximum atomic E-state index is 12.5. The summed E-state index contributed by atoms with van der Waals surface area (Å²) in [5.41, 5.74) is 3.44. The van der Waals surface area contributed by atoms with E-state index in [1.165, 1.54) is 6.42 Å². The molecule has 1 aromatic heterocycles. The fourth-order valence-corrected chi connectivity index (χ4v) is 3.24. The first-order valence-electron chi connectivity index (χ1n) is 8.49. The Morgan fingerprint density at radius 1 is 1.25 bits per heavy atom. The fraction of sp³-hybridized carbons (Fsp3) is 0.421. The fourth-order valence-electron chi connectivity index (χ4n) is 3.24. The van der Waals surface area contributed by atoms with Crippen molar-refractivity contribution in [2.45, 2.75) is 33.6 Å². The van der Waals surface area contributed by atoms with Crippen LogP contribution in [0.2, 0.25) is 0 Å². The van der Waals surface area contributed by atoms with Gasteiger partial charge in [0, 0.05) is 25.0 Å². The number of benzene rings is 1. The van der Waals surface area contributed by atoms with Gasteiger partial charge in [-0.25, -0.2) is 9.97 Å². The zero-order chi connectivity index (χ0) is 17.1. The molecule has 0 saturated carbocycles. The number of hydrogen-bond donors (Lipinski definition) is 1. The normalized spacial score (nSPS) is 17.6. The minimum atomic E-state index is -0.200. The van der Waals surface area contributed by atoms with E-state index in [4.69, 9.17) is 0 Å². The van der Waals surface area contributed by atoms with Crippen molar-refractivity contribution in [1.82, 2.24) is 9.97 Å². The SMILES string of the molecule is Cc1cc(C)cc(NC(=O)c2ccnc(N3CCCC(C)C3)n2)c1. The largest absolute Gasteiger partial charge is 0.341 e. The summed E-state index contributed by atoms with van der Waals surface area (Å²) in [7, 11) is 0. The van der Waals surface area contributed by atoms with Crippen LogP contribution < -0.4 is 10.2 Å². The molecule has 0 aliphatic carbocycles. The van der Waals surface area contributed by atoms with E-state index >= 15 is 0 Å². The van der Waals surface area contributed by atoms with Crippen LogP contribution in [0.3, 0.4) is 0 Å². The predicted octanol–water partition coefficient (Wildman–Crippen LogP) is 3.58. The second-order valence-electron chi connectivity index (χ2n) is 6.77. The van der Waals surface area contributed by atoms with Gasteiger partial charge in [0.05, 0.1) is 0 Å². The standard InChI is InChI=1S/C19H24N4O/c1-13-5-4-8-23(12-13)19-20-7-6-17(22-19)18(24)21-16-10-14(2)9-15(3)11-16/h6-7,9-11,13H,4-5,8,12H2,1-3H3,(H,21,24). The Hall–Kier alpha value is -2.43. The molecule has 5 nitrogen and oxygen atoms in total. The molecule has 3 rings (SSSR count). The van der Waals surface area contributed by atoms with E-state index in [9.17, 15) is 4.79 Å². The quantitative estimate of drug-likeness (QED) is 0.937. The van der Waals surface area contributed by atoms with Gasteiger partial charge >= 0.3 is 0 Å². The summed E-state index contributed by atoms with van der Waals surface area (Å²) in [6.45, 7) is 8.17. The van der Waals surface area contributed by atoms with Gasteiger partial charge < -0.3 is 10.2 Å². The highest BCUT2D eigenvalue weighted by molar-refractivity contribution is 6.03. The molecular weight excluding hydrogens is 300 g/mol. The van der Waals surface area contributed by atoms with Gasteiger partial charge in [-0.2, -0.15) is 0 Å². The highest BCUT2D eigenvalue weighted by Gasteiger charge is 2.19. The molecule has 5 heteroatoms. The van der Waals surface area contributed by atoms with Crippen molar-refractivity contribution >= 4 is 17.5 Å². The smallest absolute Gasteiger partial charge is 0.274 e. The Labute approximate surface area is 143 Å². The molecule has 0 bridgehead atoms. The maximum Gasteiger partial charge on any atom is 0.274 e. The van der Waals surface area contributed by atoms with Gasteiger partial charge in [0.2, 0.25) is 5.95 Å². The number of aromatic nitrogens is 2. The number of carbonyl (C=O) groups excluding carboxylic acids is 1. The van der Waals surface area contributed by atoms with E-state index in [0.717, 1.165) is 36.3 Å². The second-order valence-corrected chi connectivity index (χ2v) is 6.77. The molecular formula is C19H24N4O. The van der Waals surface area contributed by atoms with E-state index < -0.39 is 0 Å². The highest BCUT2D eigenvalue weighted by Crippen LogP contribution is 2.20. The molecule has 1 aliphatic heterocycles. The molecule has 1 N–H and O–H groups in total. The van der Waals surface area contributed by atoms with Crippen molar-refractivity contribution in [1.29, 1.82) is 0 Å². The number of amides is 1. The molecule has 0 spiro atoms. The predicted molar refractivity (Wildman–Crippen MR) is 96.5 cm³/mol. The average Bonchev–Trinajstić information content (AvgIpc) is 2.54. The summed E-state index contributed by atoms with van der Waals surface area (Å²) < 4.78 is 0. The molecule has 126 valence electrons. The zero-order valence-electron chi connectivity index (χ0n) is 14.5. The number of nitrogens with one attached hydrogen (secondary N) is 1.